The number of ether oxygens (including phenoxy) is 1. The van der Waals surface area contributed by atoms with Crippen molar-refractivity contribution < 1.29 is 9.53 Å². The van der Waals surface area contributed by atoms with E-state index >= 15 is 0 Å². The van der Waals surface area contributed by atoms with Crippen molar-refractivity contribution in [1.29, 1.82) is 0 Å². The molecule has 0 fully saturated rings. The number of carbonyl (C=O) groups excluding carboxylic acids is 1. The first-order valence-electron chi connectivity index (χ1n) is 8.99. The molecule has 0 bridgehead atoms. The van der Waals surface area contributed by atoms with E-state index in [1.54, 1.807) is 22.5 Å². The average Bonchev–Trinajstić information content (AvgIpc) is 3.27. The third kappa shape index (κ3) is 3.64. The van der Waals surface area contributed by atoms with Crippen LogP contribution in [0.15, 0.2) is 60.9 Å². The van der Waals surface area contributed by atoms with Gasteiger partial charge < -0.3 is 4.74 Å². The molecular formula is C21H18ClN5O2. The molecule has 0 aliphatic heterocycles. The van der Waals surface area contributed by atoms with Gasteiger partial charge in [0.05, 0.1) is 23.3 Å². The van der Waals surface area contributed by atoms with Crippen LogP contribution in [0.1, 0.15) is 27.3 Å². The van der Waals surface area contributed by atoms with E-state index in [4.69, 9.17) is 16.3 Å². The van der Waals surface area contributed by atoms with E-state index in [-0.39, 0.29) is 6.61 Å². The van der Waals surface area contributed by atoms with Crippen LogP contribution < -0.4 is 0 Å². The van der Waals surface area contributed by atoms with Crippen LogP contribution in [0.5, 0.6) is 0 Å². The minimum atomic E-state index is -0.479. The minimum Gasteiger partial charge on any atom is -0.457 e. The van der Waals surface area contributed by atoms with E-state index in [0.717, 1.165) is 5.69 Å². The molecule has 146 valence electrons. The van der Waals surface area contributed by atoms with Crippen molar-refractivity contribution in [3.63, 3.8) is 0 Å². The summed E-state index contributed by atoms with van der Waals surface area (Å²) in [6.07, 6.45) is 3.15. The zero-order valence-electron chi connectivity index (χ0n) is 15.9. The number of carbonyl (C=O) groups is 1. The van der Waals surface area contributed by atoms with Crippen molar-refractivity contribution in [3.8, 4) is 11.5 Å². The highest BCUT2D eigenvalue weighted by Gasteiger charge is 2.20. The SMILES string of the molecule is Cc1nn(-c2ccccc2)c(Cl)c1COC(=O)c1cnn(-c2ccccn2)c1C. The number of halogens is 1. The smallest absolute Gasteiger partial charge is 0.341 e. The quantitative estimate of drug-likeness (QED) is 0.466. The fourth-order valence-corrected chi connectivity index (χ4v) is 3.30. The number of hydrogen-bond donors (Lipinski definition) is 0. The van der Waals surface area contributed by atoms with Crippen LogP contribution in [0.3, 0.4) is 0 Å². The Labute approximate surface area is 172 Å². The fraction of sp³-hybridized carbons (Fsp3) is 0.143. The molecule has 0 aliphatic rings. The van der Waals surface area contributed by atoms with Crippen molar-refractivity contribution in [2.24, 2.45) is 0 Å². The Morgan fingerprint density at radius 2 is 1.83 bits per heavy atom. The van der Waals surface area contributed by atoms with E-state index in [0.29, 0.717) is 33.5 Å². The van der Waals surface area contributed by atoms with Crippen molar-refractivity contribution >= 4 is 17.6 Å². The fourth-order valence-electron chi connectivity index (χ4n) is 2.97. The molecular weight excluding hydrogens is 390 g/mol. The van der Waals surface area contributed by atoms with Gasteiger partial charge in [-0.15, -0.1) is 0 Å². The van der Waals surface area contributed by atoms with Gasteiger partial charge in [-0.1, -0.05) is 35.9 Å². The first kappa shape index (κ1) is 18.9. The van der Waals surface area contributed by atoms with Gasteiger partial charge in [-0.25, -0.2) is 19.1 Å². The maximum absolute atomic E-state index is 12.6. The number of para-hydroxylation sites is 1. The van der Waals surface area contributed by atoms with Crippen LogP contribution in [0, 0.1) is 13.8 Å². The molecule has 3 aromatic heterocycles. The number of nitrogens with zero attached hydrogens (tertiary/aromatic N) is 5. The molecule has 7 nitrogen and oxygen atoms in total. The molecule has 0 radical (unpaired) electrons. The molecule has 0 aliphatic carbocycles. The van der Waals surface area contributed by atoms with E-state index in [1.807, 2.05) is 55.5 Å². The number of aryl methyl sites for hydroxylation is 1. The molecule has 0 atom stereocenters. The number of benzene rings is 1. The number of pyridine rings is 1. The summed E-state index contributed by atoms with van der Waals surface area (Å²) in [6.45, 7) is 3.65. The number of hydrogen-bond acceptors (Lipinski definition) is 5. The first-order valence-corrected chi connectivity index (χ1v) is 9.36. The highest BCUT2D eigenvalue weighted by Crippen LogP contribution is 2.25. The summed E-state index contributed by atoms with van der Waals surface area (Å²) in [5, 5.41) is 9.13. The maximum Gasteiger partial charge on any atom is 0.341 e. The summed E-state index contributed by atoms with van der Waals surface area (Å²) < 4.78 is 8.73. The highest BCUT2D eigenvalue weighted by atomic mass is 35.5. The summed E-state index contributed by atoms with van der Waals surface area (Å²) in [4.78, 5) is 16.9. The van der Waals surface area contributed by atoms with E-state index in [2.05, 4.69) is 15.2 Å². The zero-order chi connectivity index (χ0) is 20.4. The summed E-state index contributed by atoms with van der Waals surface area (Å²) >= 11 is 6.49. The van der Waals surface area contributed by atoms with Crippen LogP contribution in [0.25, 0.3) is 11.5 Å². The normalized spacial score (nSPS) is 10.9. The predicted molar refractivity (Wildman–Crippen MR) is 109 cm³/mol. The maximum atomic E-state index is 12.6. The topological polar surface area (TPSA) is 74.8 Å². The molecule has 4 rings (SSSR count). The Morgan fingerprint density at radius 1 is 1.07 bits per heavy atom. The molecule has 1 aromatic carbocycles. The predicted octanol–water partition coefficient (Wildman–Crippen LogP) is 4.08. The Hall–Kier alpha value is -3.45. The van der Waals surface area contributed by atoms with Crippen molar-refractivity contribution in [1.82, 2.24) is 24.5 Å². The summed E-state index contributed by atoms with van der Waals surface area (Å²) in [6, 6.07) is 15.0. The molecule has 0 saturated heterocycles. The zero-order valence-corrected chi connectivity index (χ0v) is 16.7. The second kappa shape index (κ2) is 7.89. The van der Waals surface area contributed by atoms with Gasteiger partial charge in [-0.2, -0.15) is 10.2 Å². The molecule has 0 unspecified atom stereocenters. The molecule has 0 saturated carbocycles. The lowest BCUT2D eigenvalue weighted by Crippen LogP contribution is -2.08. The Bertz CT molecular complexity index is 1150. The molecule has 8 heteroatoms. The average molecular weight is 408 g/mol. The van der Waals surface area contributed by atoms with Crippen molar-refractivity contribution in [2.45, 2.75) is 20.5 Å². The van der Waals surface area contributed by atoms with Crippen molar-refractivity contribution in [3.05, 3.63) is 88.6 Å². The van der Waals surface area contributed by atoms with Gasteiger partial charge in [-0.05, 0) is 38.1 Å². The van der Waals surface area contributed by atoms with Crippen LogP contribution in [-0.2, 0) is 11.3 Å². The molecule has 3 heterocycles. The van der Waals surface area contributed by atoms with Crippen LogP contribution >= 0.6 is 11.6 Å². The monoisotopic (exact) mass is 407 g/mol. The van der Waals surface area contributed by atoms with Gasteiger partial charge in [0.25, 0.3) is 0 Å². The standard InChI is InChI=1S/C21H18ClN5O2/c1-14-18(20(22)27(25-14)16-8-4-3-5-9-16)13-29-21(28)17-12-24-26(15(17)2)19-10-6-7-11-23-19/h3-12H,13H2,1-2H3. The minimum absolute atomic E-state index is 0.0184. The lowest BCUT2D eigenvalue weighted by atomic mass is 10.2. The molecule has 0 amide bonds. The lowest BCUT2D eigenvalue weighted by molar-refractivity contribution is 0.0471. The van der Waals surface area contributed by atoms with Gasteiger partial charge in [0.15, 0.2) is 5.82 Å². The van der Waals surface area contributed by atoms with E-state index < -0.39 is 5.97 Å². The second-order valence-electron chi connectivity index (χ2n) is 6.42. The molecule has 29 heavy (non-hydrogen) atoms. The van der Waals surface area contributed by atoms with E-state index in [1.165, 1.54) is 6.20 Å². The van der Waals surface area contributed by atoms with E-state index in [9.17, 15) is 4.79 Å². The van der Waals surface area contributed by atoms with Crippen molar-refractivity contribution in [2.75, 3.05) is 0 Å². The van der Waals surface area contributed by atoms with Gasteiger partial charge in [0, 0.05) is 11.8 Å². The lowest BCUT2D eigenvalue weighted by Gasteiger charge is -2.06. The third-order valence-electron chi connectivity index (χ3n) is 4.57. The van der Waals surface area contributed by atoms with Crippen LogP contribution in [-0.4, -0.2) is 30.5 Å². The Morgan fingerprint density at radius 3 is 2.55 bits per heavy atom. The molecule has 4 aromatic rings. The van der Waals surface area contributed by atoms with Gasteiger partial charge >= 0.3 is 5.97 Å². The first-order chi connectivity index (χ1) is 14.1. The Kier molecular flexibility index (Phi) is 5.14. The van der Waals surface area contributed by atoms with Crippen LogP contribution in [0.2, 0.25) is 5.15 Å². The number of rotatable bonds is 5. The number of esters is 1. The van der Waals surface area contributed by atoms with Crippen LogP contribution in [0.4, 0.5) is 0 Å². The largest absolute Gasteiger partial charge is 0.457 e. The summed E-state index contributed by atoms with van der Waals surface area (Å²) in [5.41, 5.74) is 3.23. The Balaban J connectivity index is 1.53. The highest BCUT2D eigenvalue weighted by molar-refractivity contribution is 6.30. The second-order valence-corrected chi connectivity index (χ2v) is 6.78. The summed E-state index contributed by atoms with van der Waals surface area (Å²) in [5.74, 6) is 0.152. The third-order valence-corrected chi connectivity index (χ3v) is 4.95. The van der Waals surface area contributed by atoms with Gasteiger partial charge in [0.1, 0.15) is 17.3 Å². The van der Waals surface area contributed by atoms with Gasteiger partial charge in [-0.3, -0.25) is 0 Å². The molecule has 0 spiro atoms. The molecule has 0 N–H and O–H groups in total. The van der Waals surface area contributed by atoms with Gasteiger partial charge in [0.2, 0.25) is 0 Å². The summed E-state index contributed by atoms with van der Waals surface area (Å²) in [7, 11) is 0. The number of aromatic nitrogens is 5.